The third kappa shape index (κ3) is 15.1. The third-order valence-electron chi connectivity index (χ3n) is 1.73. The molecule has 0 aromatic heterocycles. The molecule has 0 spiro atoms. The van der Waals surface area contributed by atoms with Gasteiger partial charge in [0, 0.05) is 17.3 Å². The molecule has 0 saturated heterocycles. The fourth-order valence-corrected chi connectivity index (χ4v) is 3.29. The van der Waals surface area contributed by atoms with Crippen LogP contribution in [0.1, 0.15) is 0 Å². The Kier molecular flexibility index (Phi) is 15.9. The normalized spacial score (nSPS) is 14.4. The molecule has 0 aromatic rings. The van der Waals surface area contributed by atoms with E-state index in [1.807, 2.05) is 0 Å². The number of carboxylic acids is 1. The molecule has 21 heavy (non-hydrogen) atoms. The van der Waals surface area contributed by atoms with E-state index in [9.17, 15) is 14.4 Å². The van der Waals surface area contributed by atoms with Crippen molar-refractivity contribution in [2.24, 2.45) is 17.2 Å². The second-order valence-corrected chi connectivity index (χ2v) is 7.38. The first kappa shape index (κ1) is 23.7. The third-order valence-corrected chi connectivity index (χ3v) is 5.26. The molecule has 0 bridgehead atoms. The number of carbonyl (C=O) groups is 3. The minimum absolute atomic E-state index is 0.190. The molecule has 0 heterocycles. The smallest absolute Gasteiger partial charge is 0.321 e. The highest BCUT2D eigenvalue weighted by molar-refractivity contribution is 8.76. The van der Waals surface area contributed by atoms with Crippen molar-refractivity contribution in [3.05, 3.63) is 0 Å². The molecule has 7 N–H and O–H groups in total. The molecule has 0 aliphatic rings. The van der Waals surface area contributed by atoms with Gasteiger partial charge in [-0.2, -0.15) is 12.6 Å². The summed E-state index contributed by atoms with van der Waals surface area (Å²) < 4.78 is 0. The van der Waals surface area contributed by atoms with Crippen molar-refractivity contribution < 1.29 is 19.5 Å². The van der Waals surface area contributed by atoms with Crippen molar-refractivity contribution >= 4 is 75.7 Å². The maximum atomic E-state index is 10.6. The van der Waals surface area contributed by atoms with Gasteiger partial charge in [0.15, 0.2) is 0 Å². The van der Waals surface area contributed by atoms with Gasteiger partial charge in [0.2, 0.25) is 10.2 Å². The Morgan fingerprint density at radius 2 is 1.24 bits per heavy atom. The van der Waals surface area contributed by atoms with Crippen molar-refractivity contribution in [3.63, 3.8) is 0 Å². The van der Waals surface area contributed by atoms with E-state index in [-0.39, 0.29) is 16.0 Å². The molecule has 0 rings (SSSR count). The van der Waals surface area contributed by atoms with Crippen molar-refractivity contribution in [1.82, 2.24) is 0 Å². The van der Waals surface area contributed by atoms with Crippen molar-refractivity contribution in [3.8, 4) is 0 Å². The lowest BCUT2D eigenvalue weighted by Gasteiger charge is -2.07. The van der Waals surface area contributed by atoms with E-state index in [1.54, 1.807) is 0 Å². The van der Waals surface area contributed by atoms with Gasteiger partial charge in [-0.05, 0) is 0 Å². The molecule has 1 unspecified atom stereocenters. The lowest BCUT2D eigenvalue weighted by atomic mass is 10.4. The van der Waals surface area contributed by atoms with Crippen LogP contribution in [0.5, 0.6) is 0 Å². The highest BCUT2D eigenvalue weighted by Gasteiger charge is 2.12. The second-order valence-electron chi connectivity index (χ2n) is 3.59. The highest BCUT2D eigenvalue weighted by Crippen LogP contribution is 2.22. The number of hydrogen-bond acceptors (Lipinski definition) is 9. The van der Waals surface area contributed by atoms with Crippen LogP contribution in [-0.2, 0) is 14.4 Å². The second kappa shape index (κ2) is 14.1. The van der Waals surface area contributed by atoms with Crippen LogP contribution in [0.2, 0.25) is 0 Å². The molecule has 0 saturated carbocycles. The van der Waals surface area contributed by atoms with Gasteiger partial charge in [-0.25, -0.2) is 0 Å². The van der Waals surface area contributed by atoms with Gasteiger partial charge < -0.3 is 22.3 Å². The largest absolute Gasteiger partial charge is 0.480 e. The molecule has 12 heteroatoms. The molecular formula is C9H19N3O4S5. The molecular weight excluding hydrogens is 374 g/mol. The number of aliphatic carboxylic acids is 1. The van der Waals surface area contributed by atoms with E-state index in [0.717, 1.165) is 0 Å². The van der Waals surface area contributed by atoms with E-state index in [1.165, 1.54) is 21.6 Å². The number of carbonyl (C=O) groups excluding carboxylic acids is 2. The molecule has 0 amide bonds. The van der Waals surface area contributed by atoms with E-state index >= 15 is 0 Å². The lowest BCUT2D eigenvalue weighted by molar-refractivity contribution is -0.137. The maximum absolute atomic E-state index is 10.6. The fraction of sp³-hybridized carbons (Fsp3) is 0.667. The Morgan fingerprint density at radius 3 is 1.38 bits per heavy atom. The standard InChI is InChI=1S/C6H12N2O2S4.C3H7NO2S/c7-3(5(9)11)1-13-14-2-4(8)6(10)12;4-2(1-7)3(5)6/h3-4H,1-2,7-8H2,(H,9,11)(H,10,12);2,7H,1,4H2,(H,5,6)/t3-,4?;2-/m00/s1. The molecule has 0 aliphatic heterocycles. The SMILES string of the molecule is NC(CSSC[C@H](N)C(=O)S)C(=O)S.N[C@@H](CS)C(=O)O. The van der Waals surface area contributed by atoms with Crippen LogP contribution in [0.4, 0.5) is 0 Å². The van der Waals surface area contributed by atoms with Crippen LogP contribution in [0.25, 0.3) is 0 Å². The van der Waals surface area contributed by atoms with Gasteiger partial charge in [0.1, 0.15) is 6.04 Å². The number of rotatable bonds is 9. The van der Waals surface area contributed by atoms with E-state index < -0.39 is 24.1 Å². The van der Waals surface area contributed by atoms with Crippen LogP contribution in [-0.4, -0.2) is 56.7 Å². The fourth-order valence-electron chi connectivity index (χ4n) is 0.464. The summed E-state index contributed by atoms with van der Waals surface area (Å²) in [7, 11) is 2.78. The van der Waals surface area contributed by atoms with E-state index in [2.05, 4.69) is 37.9 Å². The highest BCUT2D eigenvalue weighted by atomic mass is 33.1. The predicted octanol–water partition coefficient (Wildman–Crippen LogP) is -0.737. The summed E-state index contributed by atoms with van der Waals surface area (Å²) in [5.41, 5.74) is 15.8. The van der Waals surface area contributed by atoms with Crippen LogP contribution < -0.4 is 17.2 Å². The molecule has 7 nitrogen and oxygen atoms in total. The topological polar surface area (TPSA) is 150 Å². The molecule has 0 aliphatic carbocycles. The minimum atomic E-state index is -1.00. The Balaban J connectivity index is 0. The molecule has 3 atom stereocenters. The average molecular weight is 394 g/mol. The van der Waals surface area contributed by atoms with Crippen molar-refractivity contribution in [2.75, 3.05) is 17.3 Å². The first-order valence-corrected chi connectivity index (χ1v) is 9.45. The lowest BCUT2D eigenvalue weighted by Crippen LogP contribution is -2.31. The van der Waals surface area contributed by atoms with Crippen LogP contribution in [0, 0.1) is 0 Å². The molecule has 0 aromatic carbocycles. The quantitative estimate of drug-likeness (QED) is 0.153. The Hall–Kier alpha value is 0.440. The monoisotopic (exact) mass is 393 g/mol. The number of thiol groups is 3. The van der Waals surface area contributed by atoms with Crippen LogP contribution >= 0.6 is 59.5 Å². The number of carboxylic acid groups (broad SMARTS) is 1. The van der Waals surface area contributed by atoms with Crippen molar-refractivity contribution in [2.45, 2.75) is 18.1 Å². The summed E-state index contributed by atoms with van der Waals surface area (Å²) in [5.74, 6) is 0.103. The van der Waals surface area contributed by atoms with Crippen LogP contribution in [0.15, 0.2) is 0 Å². The summed E-state index contributed by atoms with van der Waals surface area (Å²) in [5, 5.41) is 7.33. The Morgan fingerprint density at radius 1 is 0.905 bits per heavy atom. The minimum Gasteiger partial charge on any atom is -0.480 e. The maximum Gasteiger partial charge on any atom is 0.321 e. The van der Waals surface area contributed by atoms with Crippen LogP contribution in [0.3, 0.4) is 0 Å². The summed E-state index contributed by atoms with van der Waals surface area (Å²) in [4.78, 5) is 31.0. The summed E-state index contributed by atoms with van der Waals surface area (Å²) in [6, 6.07) is -1.96. The van der Waals surface area contributed by atoms with Gasteiger partial charge >= 0.3 is 5.97 Å². The molecule has 124 valence electrons. The van der Waals surface area contributed by atoms with E-state index in [0.29, 0.717) is 11.5 Å². The zero-order valence-electron chi connectivity index (χ0n) is 10.9. The van der Waals surface area contributed by atoms with Crippen molar-refractivity contribution in [1.29, 1.82) is 0 Å². The van der Waals surface area contributed by atoms with Gasteiger partial charge in [-0.3, -0.25) is 14.4 Å². The summed E-state index contributed by atoms with van der Waals surface area (Å²) >= 11 is 10.8. The number of hydrogen-bond donors (Lipinski definition) is 7. The predicted molar refractivity (Wildman–Crippen MR) is 98.3 cm³/mol. The number of nitrogens with two attached hydrogens (primary N) is 3. The zero-order valence-corrected chi connectivity index (χ0v) is 15.2. The zero-order chi connectivity index (χ0) is 17.0. The van der Waals surface area contributed by atoms with Gasteiger partial charge in [-0.15, -0.1) is 25.3 Å². The first-order chi connectivity index (χ1) is 9.63. The van der Waals surface area contributed by atoms with E-state index in [4.69, 9.17) is 22.3 Å². The summed E-state index contributed by atoms with van der Waals surface area (Å²) in [6.45, 7) is 0. The average Bonchev–Trinajstić information content (AvgIpc) is 2.42. The Labute approximate surface area is 147 Å². The molecule has 0 radical (unpaired) electrons. The first-order valence-electron chi connectivity index (χ1n) is 5.43. The Bertz CT molecular complexity index is 325. The molecule has 0 fully saturated rings. The van der Waals surface area contributed by atoms with Gasteiger partial charge in [-0.1, -0.05) is 21.6 Å². The van der Waals surface area contributed by atoms with Gasteiger partial charge in [0.25, 0.3) is 0 Å². The summed E-state index contributed by atoms with van der Waals surface area (Å²) in [6.07, 6.45) is 0. The van der Waals surface area contributed by atoms with Gasteiger partial charge in [0.05, 0.1) is 12.1 Å².